The van der Waals surface area contributed by atoms with Gasteiger partial charge in [-0.2, -0.15) is 0 Å². The molecule has 0 radical (unpaired) electrons. The van der Waals surface area contributed by atoms with E-state index in [1.54, 1.807) is 0 Å². The Labute approximate surface area is 85.4 Å². The average molecular weight is 200 g/mol. The van der Waals surface area contributed by atoms with E-state index >= 15 is 0 Å². The van der Waals surface area contributed by atoms with Gasteiger partial charge in [0.2, 0.25) is 12.3 Å². The number of nitrogens with zero attached hydrogens (tertiary/aromatic N) is 4. The zero-order valence-electron chi connectivity index (χ0n) is 8.08. The van der Waals surface area contributed by atoms with E-state index in [0.29, 0.717) is 5.89 Å². The highest BCUT2D eigenvalue weighted by Gasteiger charge is 2.05. The van der Waals surface area contributed by atoms with Gasteiger partial charge in [0.15, 0.2) is 0 Å². The van der Waals surface area contributed by atoms with Gasteiger partial charge in [-0.05, 0) is 19.1 Å². The van der Waals surface area contributed by atoms with Crippen molar-refractivity contribution < 1.29 is 4.42 Å². The minimum Gasteiger partial charge on any atom is -0.423 e. The molecule has 0 atom stereocenters. The topological polar surface area (TPSA) is 56.2 Å². The van der Waals surface area contributed by atoms with Crippen molar-refractivity contribution in [2.75, 3.05) is 0 Å². The van der Waals surface area contributed by atoms with Gasteiger partial charge in [-0.25, -0.2) is 4.98 Å². The lowest BCUT2D eigenvalue weighted by Gasteiger charge is -1.97. The second-order valence-electron chi connectivity index (χ2n) is 3.29. The van der Waals surface area contributed by atoms with Gasteiger partial charge < -0.3 is 8.82 Å². The molecule has 0 saturated heterocycles. The van der Waals surface area contributed by atoms with Crippen LogP contribution in [0.4, 0.5) is 0 Å². The molecule has 3 heterocycles. The van der Waals surface area contributed by atoms with E-state index in [2.05, 4.69) is 15.2 Å². The number of imidazole rings is 1. The monoisotopic (exact) mass is 200 g/mol. The molecule has 5 nitrogen and oxygen atoms in total. The fourth-order valence-corrected chi connectivity index (χ4v) is 1.54. The summed E-state index contributed by atoms with van der Waals surface area (Å²) in [5, 5.41) is 7.49. The van der Waals surface area contributed by atoms with Crippen LogP contribution in [-0.4, -0.2) is 19.6 Å². The third-order valence-corrected chi connectivity index (χ3v) is 2.31. The summed E-state index contributed by atoms with van der Waals surface area (Å²) in [6.45, 7) is 2.01. The molecule has 0 fully saturated rings. The molecule has 0 unspecified atom stereocenters. The molecule has 0 amide bonds. The van der Waals surface area contributed by atoms with E-state index in [1.165, 1.54) is 6.39 Å². The minimum atomic E-state index is 0.512. The summed E-state index contributed by atoms with van der Waals surface area (Å²) in [5.74, 6) is 0.512. The van der Waals surface area contributed by atoms with E-state index in [0.717, 1.165) is 16.9 Å². The normalized spacial score (nSPS) is 11.0. The molecule has 0 aliphatic heterocycles. The molecule has 3 aromatic heterocycles. The van der Waals surface area contributed by atoms with Gasteiger partial charge in [-0.15, -0.1) is 10.2 Å². The van der Waals surface area contributed by atoms with Crippen molar-refractivity contribution in [2.45, 2.75) is 6.92 Å². The van der Waals surface area contributed by atoms with Crippen LogP contribution in [-0.2, 0) is 0 Å². The highest BCUT2D eigenvalue weighted by molar-refractivity contribution is 5.59. The Morgan fingerprint density at radius 1 is 1.40 bits per heavy atom. The van der Waals surface area contributed by atoms with Gasteiger partial charge in [0, 0.05) is 23.7 Å². The molecule has 0 saturated carbocycles. The molecule has 0 aromatic carbocycles. The first-order valence-electron chi connectivity index (χ1n) is 4.55. The van der Waals surface area contributed by atoms with E-state index in [4.69, 9.17) is 4.42 Å². The third-order valence-electron chi connectivity index (χ3n) is 2.31. The Hall–Kier alpha value is -2.17. The second kappa shape index (κ2) is 2.91. The van der Waals surface area contributed by atoms with Crippen LogP contribution in [0, 0.1) is 6.92 Å². The fraction of sp³-hybridized carbons (Fsp3) is 0.100. The summed E-state index contributed by atoms with van der Waals surface area (Å²) in [5.41, 5.74) is 2.86. The number of hydrogen-bond acceptors (Lipinski definition) is 4. The minimum absolute atomic E-state index is 0.512. The highest BCUT2D eigenvalue weighted by atomic mass is 16.4. The van der Waals surface area contributed by atoms with Gasteiger partial charge in [0.1, 0.15) is 5.65 Å². The van der Waals surface area contributed by atoms with Crippen LogP contribution in [0.25, 0.3) is 17.1 Å². The first-order chi connectivity index (χ1) is 7.34. The quantitative estimate of drug-likeness (QED) is 0.599. The largest absolute Gasteiger partial charge is 0.423 e. The van der Waals surface area contributed by atoms with Crippen molar-refractivity contribution in [3.8, 4) is 11.5 Å². The van der Waals surface area contributed by atoms with Crippen LogP contribution in [0.15, 0.2) is 35.3 Å². The van der Waals surface area contributed by atoms with Gasteiger partial charge >= 0.3 is 0 Å². The smallest absolute Gasteiger partial charge is 0.247 e. The molecule has 74 valence electrons. The number of fused-ring (bicyclic) bond motifs is 1. The van der Waals surface area contributed by atoms with Gasteiger partial charge in [-0.3, -0.25) is 0 Å². The van der Waals surface area contributed by atoms with Crippen molar-refractivity contribution in [1.29, 1.82) is 0 Å². The predicted molar refractivity (Wildman–Crippen MR) is 53.2 cm³/mol. The lowest BCUT2D eigenvalue weighted by molar-refractivity contribution is 0.568. The van der Waals surface area contributed by atoms with Crippen LogP contribution >= 0.6 is 0 Å². The summed E-state index contributed by atoms with van der Waals surface area (Å²) in [4.78, 5) is 4.26. The molecule has 3 aromatic rings. The molecule has 3 rings (SSSR count). The Balaban J connectivity index is 2.23. The zero-order valence-corrected chi connectivity index (χ0v) is 8.08. The predicted octanol–water partition coefficient (Wildman–Crippen LogP) is 1.69. The molecule has 15 heavy (non-hydrogen) atoms. The van der Waals surface area contributed by atoms with E-state index in [9.17, 15) is 0 Å². The maximum absolute atomic E-state index is 5.12. The zero-order chi connectivity index (χ0) is 10.3. The van der Waals surface area contributed by atoms with Crippen molar-refractivity contribution in [2.24, 2.45) is 0 Å². The Morgan fingerprint density at radius 2 is 2.33 bits per heavy atom. The lowest BCUT2D eigenvalue weighted by Crippen LogP contribution is -1.87. The highest BCUT2D eigenvalue weighted by Crippen LogP contribution is 2.18. The first kappa shape index (κ1) is 8.16. The summed E-state index contributed by atoms with van der Waals surface area (Å²) < 4.78 is 7.12. The molecular weight excluding hydrogens is 192 g/mol. The Bertz CT molecular complexity index is 597. The molecule has 0 aliphatic rings. The number of pyridine rings is 1. The number of rotatable bonds is 1. The van der Waals surface area contributed by atoms with Crippen molar-refractivity contribution in [3.63, 3.8) is 0 Å². The lowest BCUT2D eigenvalue weighted by atomic mass is 10.2. The van der Waals surface area contributed by atoms with Crippen molar-refractivity contribution in [1.82, 2.24) is 19.6 Å². The molecule has 0 N–H and O–H groups in total. The van der Waals surface area contributed by atoms with Gasteiger partial charge in [0.05, 0.1) is 0 Å². The van der Waals surface area contributed by atoms with Crippen molar-refractivity contribution in [3.05, 3.63) is 36.6 Å². The number of hydrogen-bond donors (Lipinski definition) is 0. The average Bonchev–Trinajstić information content (AvgIpc) is 2.88. The molecule has 5 heteroatoms. The molecule has 0 spiro atoms. The summed E-state index contributed by atoms with van der Waals surface area (Å²) >= 11 is 0. The summed E-state index contributed by atoms with van der Waals surface area (Å²) in [7, 11) is 0. The van der Waals surface area contributed by atoms with Crippen LogP contribution in [0.5, 0.6) is 0 Å². The second-order valence-corrected chi connectivity index (χ2v) is 3.29. The maximum atomic E-state index is 5.12. The van der Waals surface area contributed by atoms with E-state index < -0.39 is 0 Å². The third kappa shape index (κ3) is 1.20. The Kier molecular flexibility index (Phi) is 1.58. The molecule has 0 bridgehead atoms. The number of aromatic nitrogens is 4. The van der Waals surface area contributed by atoms with Gasteiger partial charge in [-0.1, -0.05) is 0 Å². The fourth-order valence-electron chi connectivity index (χ4n) is 1.54. The standard InChI is InChI=1S/C10H8N4O/c1-7-5-11-9-4-8(2-3-14(7)9)10-13-12-6-15-10/h2-6H,1H3. The summed E-state index contributed by atoms with van der Waals surface area (Å²) in [6, 6.07) is 3.84. The molecular formula is C10H8N4O. The Morgan fingerprint density at radius 3 is 3.13 bits per heavy atom. The van der Waals surface area contributed by atoms with E-state index in [-0.39, 0.29) is 0 Å². The van der Waals surface area contributed by atoms with Crippen molar-refractivity contribution >= 4 is 5.65 Å². The van der Waals surface area contributed by atoms with Crippen LogP contribution in [0.2, 0.25) is 0 Å². The van der Waals surface area contributed by atoms with Gasteiger partial charge in [0.25, 0.3) is 0 Å². The SMILES string of the molecule is Cc1cnc2cc(-c3nnco3)ccn12. The van der Waals surface area contributed by atoms with Crippen LogP contribution in [0.1, 0.15) is 5.69 Å². The first-order valence-corrected chi connectivity index (χ1v) is 4.55. The maximum Gasteiger partial charge on any atom is 0.247 e. The van der Waals surface area contributed by atoms with E-state index in [1.807, 2.05) is 35.9 Å². The summed E-state index contributed by atoms with van der Waals surface area (Å²) in [6.07, 6.45) is 5.08. The van der Waals surface area contributed by atoms with Crippen LogP contribution in [0.3, 0.4) is 0 Å². The molecule has 0 aliphatic carbocycles. The van der Waals surface area contributed by atoms with Crippen LogP contribution < -0.4 is 0 Å². The number of aryl methyl sites for hydroxylation is 1.